The van der Waals surface area contributed by atoms with Crippen molar-refractivity contribution in [2.75, 3.05) is 0 Å². The maximum absolute atomic E-state index is 11.1. The molecule has 2 heterocycles. The van der Waals surface area contributed by atoms with Crippen LogP contribution >= 0.6 is 0 Å². The van der Waals surface area contributed by atoms with E-state index in [4.69, 9.17) is 9.84 Å². The van der Waals surface area contributed by atoms with Crippen LogP contribution in [0.3, 0.4) is 0 Å². The summed E-state index contributed by atoms with van der Waals surface area (Å²) in [5.41, 5.74) is 5.53. The van der Waals surface area contributed by atoms with Crippen LogP contribution in [0.25, 0.3) is 0 Å². The molecule has 1 atom stereocenters. The summed E-state index contributed by atoms with van der Waals surface area (Å²) in [6.07, 6.45) is 1.84. The van der Waals surface area contributed by atoms with Crippen LogP contribution in [0, 0.1) is 11.8 Å². The molecule has 1 N–H and O–H groups in total. The third kappa shape index (κ3) is 5.33. The van der Waals surface area contributed by atoms with Gasteiger partial charge in [0.1, 0.15) is 12.4 Å². The monoisotopic (exact) mass is 414 g/mol. The molecule has 0 saturated heterocycles. The highest BCUT2D eigenvalue weighted by Gasteiger charge is 2.18. The Morgan fingerprint density at radius 3 is 2.77 bits per heavy atom. The Kier molecular flexibility index (Phi) is 6.34. The van der Waals surface area contributed by atoms with Crippen LogP contribution in [0.15, 0.2) is 54.7 Å². The molecule has 3 aromatic rings. The second-order valence-corrected chi connectivity index (χ2v) is 7.68. The lowest BCUT2D eigenvalue weighted by Gasteiger charge is -2.16. The molecule has 1 aromatic heterocycles. The second-order valence-electron chi connectivity index (χ2n) is 7.68. The van der Waals surface area contributed by atoms with Crippen LogP contribution < -0.4 is 9.84 Å². The highest BCUT2D eigenvalue weighted by atomic mass is 16.5. The summed E-state index contributed by atoms with van der Waals surface area (Å²) in [5.74, 6) is 5.35. The van der Waals surface area contributed by atoms with Crippen molar-refractivity contribution >= 4 is 5.97 Å². The molecule has 0 unspecified atom stereocenters. The molecule has 158 valence electrons. The fourth-order valence-corrected chi connectivity index (χ4v) is 3.83. The molecule has 31 heavy (non-hydrogen) atoms. The number of carboxylic acid groups (broad SMARTS) is 1. The third-order valence-electron chi connectivity index (χ3n) is 5.31. The first-order valence-electron chi connectivity index (χ1n) is 10.2. The molecule has 0 spiro atoms. The number of hydrogen-bond donors (Lipinski definition) is 1. The van der Waals surface area contributed by atoms with Gasteiger partial charge in [-0.05, 0) is 41.3 Å². The first kappa shape index (κ1) is 20.7. The van der Waals surface area contributed by atoms with Crippen molar-refractivity contribution in [2.24, 2.45) is 0 Å². The third-order valence-corrected chi connectivity index (χ3v) is 5.31. The molecule has 6 heteroatoms. The van der Waals surface area contributed by atoms with E-state index in [0.717, 1.165) is 42.2 Å². The van der Waals surface area contributed by atoms with Gasteiger partial charge in [-0.2, -0.15) is 6.20 Å². The number of rotatable bonds is 8. The summed E-state index contributed by atoms with van der Waals surface area (Å²) >= 11 is 0. The summed E-state index contributed by atoms with van der Waals surface area (Å²) in [6.45, 7) is 4.78. The first-order valence-corrected chi connectivity index (χ1v) is 10.2. The van der Waals surface area contributed by atoms with E-state index in [9.17, 15) is 4.79 Å². The summed E-state index contributed by atoms with van der Waals surface area (Å²) in [5, 5.41) is 17.2. The second kappa shape index (κ2) is 9.50. The van der Waals surface area contributed by atoms with Gasteiger partial charge in [-0.15, -0.1) is 5.92 Å². The lowest BCUT2D eigenvalue weighted by Crippen LogP contribution is -2.16. The summed E-state index contributed by atoms with van der Waals surface area (Å²) < 4.78 is 5.95. The van der Waals surface area contributed by atoms with E-state index in [1.54, 1.807) is 6.92 Å². The molecule has 1 aliphatic rings. The van der Waals surface area contributed by atoms with Gasteiger partial charge in [0.15, 0.2) is 0 Å². The zero-order valence-corrected chi connectivity index (χ0v) is 17.4. The summed E-state index contributed by atoms with van der Waals surface area (Å²) in [4.78, 5) is 13.4. The zero-order valence-electron chi connectivity index (χ0n) is 17.4. The summed E-state index contributed by atoms with van der Waals surface area (Å²) in [7, 11) is 0. The number of benzene rings is 2. The van der Waals surface area contributed by atoms with Crippen LogP contribution in [-0.2, 0) is 31.0 Å². The van der Waals surface area contributed by atoms with Gasteiger partial charge in [0.25, 0.3) is 0 Å². The van der Waals surface area contributed by atoms with Crippen molar-refractivity contribution in [1.82, 2.24) is 15.1 Å². The molecular formula is C25H24N3O3-. The minimum Gasteiger partial charge on any atom is -0.581 e. The van der Waals surface area contributed by atoms with Crippen molar-refractivity contribution < 1.29 is 14.6 Å². The van der Waals surface area contributed by atoms with Gasteiger partial charge in [-0.3, -0.25) is 9.69 Å². The predicted octanol–water partition coefficient (Wildman–Crippen LogP) is 3.72. The molecule has 0 saturated carbocycles. The first-order chi connectivity index (χ1) is 15.1. The van der Waals surface area contributed by atoms with Crippen molar-refractivity contribution in [3.8, 4) is 17.6 Å². The van der Waals surface area contributed by atoms with E-state index in [2.05, 4.69) is 51.2 Å². The van der Waals surface area contributed by atoms with Crippen LogP contribution in [0.5, 0.6) is 5.75 Å². The number of aliphatic carboxylic acids is 1. The molecule has 0 radical (unpaired) electrons. The zero-order chi connectivity index (χ0) is 21.6. The maximum Gasteiger partial charge on any atom is 0.304 e. The molecule has 4 rings (SSSR count). The quantitative estimate of drug-likeness (QED) is 0.566. The Labute approximate surface area is 181 Å². The SMILES string of the molecule is CC#C[C@@H](CC(=O)O)c1ccc(OCc2cccc(CN3Cc4c[n-]nc4C3)c2)cc1. The number of carboxylic acids is 1. The highest BCUT2D eigenvalue weighted by Crippen LogP contribution is 2.24. The van der Waals surface area contributed by atoms with E-state index < -0.39 is 5.97 Å². The average Bonchev–Trinajstić information content (AvgIpc) is 3.34. The van der Waals surface area contributed by atoms with E-state index in [-0.39, 0.29) is 12.3 Å². The minimum atomic E-state index is -0.857. The number of aromatic nitrogens is 2. The van der Waals surface area contributed by atoms with Gasteiger partial charge >= 0.3 is 5.97 Å². The Hall–Kier alpha value is -3.56. The molecule has 6 nitrogen and oxygen atoms in total. The van der Waals surface area contributed by atoms with Crippen LogP contribution in [-0.4, -0.2) is 21.1 Å². The van der Waals surface area contributed by atoms with E-state index >= 15 is 0 Å². The smallest absolute Gasteiger partial charge is 0.304 e. The fraction of sp³-hybridized carbons (Fsp3) is 0.280. The van der Waals surface area contributed by atoms with Crippen molar-refractivity contribution in [3.05, 3.63) is 82.7 Å². The summed E-state index contributed by atoms with van der Waals surface area (Å²) in [6, 6.07) is 15.9. The van der Waals surface area contributed by atoms with Gasteiger partial charge < -0.3 is 20.0 Å². The van der Waals surface area contributed by atoms with Crippen molar-refractivity contribution in [1.29, 1.82) is 0 Å². The van der Waals surface area contributed by atoms with Crippen molar-refractivity contribution in [2.45, 2.75) is 45.5 Å². The Morgan fingerprint density at radius 2 is 2.03 bits per heavy atom. The van der Waals surface area contributed by atoms with Gasteiger partial charge in [0.2, 0.25) is 0 Å². The van der Waals surface area contributed by atoms with Crippen LogP contribution in [0.2, 0.25) is 0 Å². The topological polar surface area (TPSA) is 76.8 Å². The van der Waals surface area contributed by atoms with E-state index in [1.807, 2.05) is 30.5 Å². The Bertz CT molecular complexity index is 1090. The van der Waals surface area contributed by atoms with Gasteiger partial charge in [-0.25, -0.2) is 0 Å². The normalized spacial score (nSPS) is 13.8. The lowest BCUT2D eigenvalue weighted by molar-refractivity contribution is -0.137. The largest absolute Gasteiger partial charge is 0.581 e. The number of hydrogen-bond acceptors (Lipinski definition) is 4. The number of nitrogens with zero attached hydrogens (tertiary/aromatic N) is 3. The molecule has 0 bridgehead atoms. The number of fused-ring (bicyclic) bond motifs is 1. The number of carbonyl (C=O) groups is 1. The maximum atomic E-state index is 11.1. The number of ether oxygens (including phenoxy) is 1. The van der Waals surface area contributed by atoms with Crippen LogP contribution in [0.4, 0.5) is 0 Å². The fourth-order valence-electron chi connectivity index (χ4n) is 3.83. The molecule has 0 aliphatic carbocycles. The standard InChI is InChI=1S/C25H25N3O3/c1-2-4-21(12-25(29)30)20-7-9-23(10-8-20)31-17-19-6-3-5-18(11-19)14-28-15-22-13-26-27-24(22)16-28/h3,5-11,13,21H,12,14-17H2,1H3,(H2,26,27,29,30)/p-1/t21-/m0/s1. The molecule has 0 amide bonds. The van der Waals surface area contributed by atoms with Crippen LogP contribution in [0.1, 0.15) is 47.2 Å². The Morgan fingerprint density at radius 1 is 1.23 bits per heavy atom. The lowest BCUT2D eigenvalue weighted by atomic mass is 9.96. The molecule has 2 aromatic carbocycles. The molecular weight excluding hydrogens is 390 g/mol. The molecule has 1 aliphatic heterocycles. The van der Waals surface area contributed by atoms with Crippen molar-refractivity contribution in [3.63, 3.8) is 0 Å². The van der Waals surface area contributed by atoms with E-state index in [1.165, 1.54) is 11.1 Å². The van der Waals surface area contributed by atoms with Gasteiger partial charge in [0.05, 0.1) is 12.3 Å². The van der Waals surface area contributed by atoms with E-state index in [0.29, 0.717) is 6.61 Å². The minimum absolute atomic E-state index is 0.00967. The molecule has 0 fully saturated rings. The van der Waals surface area contributed by atoms with Gasteiger partial charge in [0, 0.05) is 25.3 Å². The average molecular weight is 414 g/mol. The highest BCUT2D eigenvalue weighted by molar-refractivity contribution is 5.69. The predicted molar refractivity (Wildman–Crippen MR) is 116 cm³/mol. The Balaban J connectivity index is 1.33. The van der Waals surface area contributed by atoms with Gasteiger partial charge in [-0.1, -0.05) is 42.3 Å².